The first-order chi connectivity index (χ1) is 9.61. The monoisotopic (exact) mass is 277 g/mol. The van der Waals surface area contributed by atoms with Gasteiger partial charge in [0.1, 0.15) is 0 Å². The lowest BCUT2D eigenvalue weighted by atomic mass is 10.0. The minimum Gasteiger partial charge on any atom is -0.405 e. The van der Waals surface area contributed by atoms with Crippen LogP contribution in [-0.4, -0.2) is 36.9 Å². The number of rotatable bonds is 6. The number of aliphatic imine (C=N–C) groups is 1. The van der Waals surface area contributed by atoms with Gasteiger partial charge in [-0.15, -0.1) is 0 Å². The van der Waals surface area contributed by atoms with E-state index in [9.17, 15) is 4.79 Å². The lowest BCUT2D eigenvalue weighted by Gasteiger charge is -2.27. The van der Waals surface area contributed by atoms with Gasteiger partial charge in [0.2, 0.25) is 11.4 Å². The molecule has 1 heterocycles. The molecule has 1 aliphatic heterocycles. The molecule has 0 bridgehead atoms. The molecule has 0 radical (unpaired) electrons. The Morgan fingerprint density at radius 2 is 1.80 bits per heavy atom. The molecule has 1 unspecified atom stereocenters. The molecule has 0 fully saturated rings. The lowest BCUT2D eigenvalue weighted by molar-refractivity contribution is -0.183. The standard InChI is InChI=1S/C15H19NO4/c1-4-18-14(19-5-2)15(3)13(17)20-12(16-15)11-9-7-6-8-10-11/h6-10,14H,4-5H2,1-3H3. The number of hydrogen-bond donors (Lipinski definition) is 0. The Morgan fingerprint density at radius 3 is 2.35 bits per heavy atom. The quantitative estimate of drug-likeness (QED) is 0.590. The van der Waals surface area contributed by atoms with Crippen molar-refractivity contribution in [2.45, 2.75) is 32.6 Å². The number of esters is 1. The predicted octanol–water partition coefficient (Wildman–Crippen LogP) is 2.15. The summed E-state index contributed by atoms with van der Waals surface area (Å²) in [6.45, 7) is 6.23. The van der Waals surface area contributed by atoms with Crippen LogP contribution in [0.25, 0.3) is 0 Å². The first-order valence-electron chi connectivity index (χ1n) is 6.72. The van der Waals surface area contributed by atoms with E-state index < -0.39 is 17.8 Å². The van der Waals surface area contributed by atoms with E-state index in [1.54, 1.807) is 6.92 Å². The van der Waals surface area contributed by atoms with Crippen molar-refractivity contribution in [3.63, 3.8) is 0 Å². The van der Waals surface area contributed by atoms with Gasteiger partial charge in [-0.1, -0.05) is 18.2 Å². The maximum absolute atomic E-state index is 12.2. The molecule has 20 heavy (non-hydrogen) atoms. The molecular formula is C15H19NO4. The van der Waals surface area contributed by atoms with Gasteiger partial charge in [-0.25, -0.2) is 9.79 Å². The molecule has 0 amide bonds. The van der Waals surface area contributed by atoms with Crippen LogP contribution in [0, 0.1) is 0 Å². The summed E-state index contributed by atoms with van der Waals surface area (Å²) in [5, 5.41) is 0. The maximum atomic E-state index is 12.2. The third-order valence-electron chi connectivity index (χ3n) is 3.05. The van der Waals surface area contributed by atoms with Gasteiger partial charge >= 0.3 is 5.97 Å². The molecule has 1 atom stereocenters. The summed E-state index contributed by atoms with van der Waals surface area (Å²) in [5.41, 5.74) is -0.409. The number of ether oxygens (including phenoxy) is 3. The van der Waals surface area contributed by atoms with Gasteiger partial charge in [-0.2, -0.15) is 0 Å². The normalized spacial score (nSPS) is 22.0. The minimum absolute atomic E-state index is 0.308. The molecular weight excluding hydrogens is 258 g/mol. The highest BCUT2D eigenvalue weighted by molar-refractivity contribution is 6.07. The average molecular weight is 277 g/mol. The van der Waals surface area contributed by atoms with E-state index in [-0.39, 0.29) is 0 Å². The average Bonchev–Trinajstić information content (AvgIpc) is 2.77. The fraction of sp³-hybridized carbons (Fsp3) is 0.467. The minimum atomic E-state index is -1.17. The first-order valence-corrected chi connectivity index (χ1v) is 6.72. The van der Waals surface area contributed by atoms with Crippen molar-refractivity contribution in [3.8, 4) is 0 Å². The molecule has 5 heteroatoms. The zero-order chi connectivity index (χ0) is 14.6. The molecule has 0 saturated carbocycles. The Bertz CT molecular complexity index is 494. The van der Waals surface area contributed by atoms with Gasteiger partial charge in [-0.05, 0) is 32.9 Å². The van der Waals surface area contributed by atoms with Crippen LogP contribution in [0.3, 0.4) is 0 Å². The van der Waals surface area contributed by atoms with Crippen LogP contribution in [0.5, 0.6) is 0 Å². The largest absolute Gasteiger partial charge is 0.405 e. The summed E-state index contributed by atoms with van der Waals surface area (Å²) >= 11 is 0. The van der Waals surface area contributed by atoms with Gasteiger partial charge in [0.25, 0.3) is 0 Å². The van der Waals surface area contributed by atoms with Gasteiger partial charge in [-0.3, -0.25) is 0 Å². The lowest BCUT2D eigenvalue weighted by Crippen LogP contribution is -2.46. The number of nitrogens with zero attached hydrogens (tertiary/aromatic N) is 1. The fourth-order valence-corrected chi connectivity index (χ4v) is 2.00. The van der Waals surface area contributed by atoms with Crippen LogP contribution >= 0.6 is 0 Å². The van der Waals surface area contributed by atoms with Crippen LogP contribution in [0.2, 0.25) is 0 Å². The van der Waals surface area contributed by atoms with E-state index in [0.29, 0.717) is 19.1 Å². The smallest absolute Gasteiger partial charge is 0.345 e. The molecule has 2 rings (SSSR count). The molecule has 0 spiro atoms. The summed E-state index contributed by atoms with van der Waals surface area (Å²) in [7, 11) is 0. The summed E-state index contributed by atoms with van der Waals surface area (Å²) < 4.78 is 16.3. The molecule has 0 saturated heterocycles. The highest BCUT2D eigenvalue weighted by Crippen LogP contribution is 2.29. The van der Waals surface area contributed by atoms with E-state index in [2.05, 4.69) is 4.99 Å². The topological polar surface area (TPSA) is 57.1 Å². The van der Waals surface area contributed by atoms with Crippen LogP contribution in [0.4, 0.5) is 0 Å². The van der Waals surface area contributed by atoms with Crippen molar-refractivity contribution in [1.29, 1.82) is 0 Å². The molecule has 1 aromatic carbocycles. The number of carbonyl (C=O) groups excluding carboxylic acids is 1. The van der Waals surface area contributed by atoms with Gasteiger partial charge in [0, 0.05) is 18.8 Å². The molecule has 108 valence electrons. The fourth-order valence-electron chi connectivity index (χ4n) is 2.00. The van der Waals surface area contributed by atoms with Crippen molar-refractivity contribution in [2.75, 3.05) is 13.2 Å². The van der Waals surface area contributed by atoms with Crippen molar-refractivity contribution < 1.29 is 19.0 Å². The second-order valence-electron chi connectivity index (χ2n) is 4.56. The Kier molecular flexibility index (Phi) is 4.52. The number of carbonyl (C=O) groups is 1. The van der Waals surface area contributed by atoms with E-state index in [1.807, 2.05) is 44.2 Å². The van der Waals surface area contributed by atoms with E-state index >= 15 is 0 Å². The maximum Gasteiger partial charge on any atom is 0.345 e. The Morgan fingerprint density at radius 1 is 1.20 bits per heavy atom. The highest BCUT2D eigenvalue weighted by atomic mass is 16.7. The first kappa shape index (κ1) is 14.7. The van der Waals surface area contributed by atoms with Crippen molar-refractivity contribution in [1.82, 2.24) is 0 Å². The zero-order valence-corrected chi connectivity index (χ0v) is 12.0. The number of benzene rings is 1. The Hall–Kier alpha value is -1.72. The molecule has 5 nitrogen and oxygen atoms in total. The Labute approximate surface area is 118 Å². The van der Waals surface area contributed by atoms with Crippen molar-refractivity contribution in [3.05, 3.63) is 35.9 Å². The van der Waals surface area contributed by atoms with Crippen molar-refractivity contribution in [2.24, 2.45) is 4.99 Å². The predicted molar refractivity (Wildman–Crippen MR) is 74.5 cm³/mol. The van der Waals surface area contributed by atoms with E-state index in [1.165, 1.54) is 0 Å². The molecule has 0 aliphatic carbocycles. The van der Waals surface area contributed by atoms with Gasteiger partial charge < -0.3 is 14.2 Å². The second-order valence-corrected chi connectivity index (χ2v) is 4.56. The van der Waals surface area contributed by atoms with Crippen LogP contribution in [0.15, 0.2) is 35.3 Å². The molecule has 1 aromatic rings. The summed E-state index contributed by atoms with van der Waals surface area (Å²) in [6, 6.07) is 9.31. The summed E-state index contributed by atoms with van der Waals surface area (Å²) in [6.07, 6.45) is -0.744. The third kappa shape index (κ3) is 2.73. The number of hydrogen-bond acceptors (Lipinski definition) is 5. The molecule has 0 N–H and O–H groups in total. The Balaban J connectivity index is 2.30. The third-order valence-corrected chi connectivity index (χ3v) is 3.05. The SMILES string of the molecule is CCOC(OCC)C1(C)N=C(c2ccccc2)OC1=O. The van der Waals surface area contributed by atoms with E-state index in [0.717, 1.165) is 5.56 Å². The molecule has 0 aromatic heterocycles. The van der Waals surface area contributed by atoms with Crippen LogP contribution in [0.1, 0.15) is 26.3 Å². The second kappa shape index (κ2) is 6.15. The van der Waals surface area contributed by atoms with E-state index in [4.69, 9.17) is 14.2 Å². The van der Waals surface area contributed by atoms with Gasteiger partial charge in [0.15, 0.2) is 6.29 Å². The summed E-state index contributed by atoms with van der Waals surface area (Å²) in [5.74, 6) is -0.147. The number of cyclic esters (lactones) is 1. The zero-order valence-electron chi connectivity index (χ0n) is 12.0. The van der Waals surface area contributed by atoms with Gasteiger partial charge in [0.05, 0.1) is 0 Å². The van der Waals surface area contributed by atoms with Crippen LogP contribution in [-0.2, 0) is 19.0 Å². The summed E-state index contributed by atoms with van der Waals surface area (Å²) in [4.78, 5) is 16.6. The molecule has 1 aliphatic rings. The van der Waals surface area contributed by atoms with Crippen LogP contribution < -0.4 is 0 Å². The van der Waals surface area contributed by atoms with Crippen molar-refractivity contribution >= 4 is 11.9 Å². The highest BCUT2D eigenvalue weighted by Gasteiger charge is 2.50.